The zero-order chi connectivity index (χ0) is 17.8. The van der Waals surface area contributed by atoms with E-state index in [1.165, 1.54) is 6.07 Å². The number of halogens is 4. The van der Waals surface area contributed by atoms with E-state index >= 15 is 0 Å². The minimum atomic E-state index is -4.42. The van der Waals surface area contributed by atoms with Crippen LogP contribution in [0.2, 0.25) is 0 Å². The minimum absolute atomic E-state index is 0. The van der Waals surface area contributed by atoms with Crippen molar-refractivity contribution in [2.24, 2.45) is 5.73 Å². The fourth-order valence-electron chi connectivity index (χ4n) is 2.42. The Hall–Kier alpha value is -1.51. The highest BCUT2D eigenvalue weighted by molar-refractivity contribution is 5.86. The Morgan fingerprint density at radius 2 is 2.00 bits per heavy atom. The summed E-state index contributed by atoms with van der Waals surface area (Å²) < 4.78 is 47.1. The standard InChI is InChI=1S/C16H21F3N2O3.ClH/c1-11-2-3-12(13(8-11)24-10-16(17,18)19)9-21-14(22)15(20)4-6-23-7-5-15;/h2-3,8H,4-7,9-10,20H2,1H3,(H,21,22);1H. The third kappa shape index (κ3) is 6.37. The van der Waals surface area contributed by atoms with Crippen molar-refractivity contribution in [3.63, 3.8) is 0 Å². The van der Waals surface area contributed by atoms with Crippen molar-refractivity contribution in [3.05, 3.63) is 29.3 Å². The van der Waals surface area contributed by atoms with E-state index < -0.39 is 18.3 Å². The number of nitrogens with two attached hydrogens (primary N) is 1. The Morgan fingerprint density at radius 3 is 2.60 bits per heavy atom. The van der Waals surface area contributed by atoms with Gasteiger partial charge in [-0.2, -0.15) is 13.2 Å². The molecular formula is C16H22ClF3N2O3. The number of rotatable bonds is 5. The summed E-state index contributed by atoms with van der Waals surface area (Å²) in [7, 11) is 0. The number of hydrogen-bond acceptors (Lipinski definition) is 4. The molecule has 0 spiro atoms. The molecule has 0 unspecified atom stereocenters. The summed E-state index contributed by atoms with van der Waals surface area (Å²) in [5.41, 5.74) is 6.30. The molecule has 0 saturated carbocycles. The second-order valence-electron chi connectivity index (χ2n) is 5.97. The van der Waals surface area contributed by atoms with E-state index in [2.05, 4.69) is 5.32 Å². The summed E-state index contributed by atoms with van der Waals surface area (Å²) in [6, 6.07) is 4.89. The van der Waals surface area contributed by atoms with Gasteiger partial charge in [0.05, 0.1) is 5.54 Å². The van der Waals surface area contributed by atoms with Crippen LogP contribution >= 0.6 is 12.4 Å². The Labute approximate surface area is 150 Å². The number of nitrogens with one attached hydrogen (secondary N) is 1. The number of ether oxygens (including phenoxy) is 2. The lowest BCUT2D eigenvalue weighted by Crippen LogP contribution is -2.56. The Balaban J connectivity index is 0.00000312. The summed E-state index contributed by atoms with van der Waals surface area (Å²) in [5, 5.41) is 2.69. The molecule has 142 valence electrons. The maximum atomic E-state index is 12.4. The van der Waals surface area contributed by atoms with E-state index in [4.69, 9.17) is 15.2 Å². The van der Waals surface area contributed by atoms with Gasteiger partial charge in [-0.15, -0.1) is 12.4 Å². The van der Waals surface area contributed by atoms with E-state index in [-0.39, 0.29) is 30.6 Å². The van der Waals surface area contributed by atoms with Crippen LogP contribution in [0.3, 0.4) is 0 Å². The lowest BCUT2D eigenvalue weighted by molar-refractivity contribution is -0.153. The van der Waals surface area contributed by atoms with Crippen LogP contribution < -0.4 is 15.8 Å². The van der Waals surface area contributed by atoms with Gasteiger partial charge in [0.2, 0.25) is 5.91 Å². The first-order valence-electron chi connectivity index (χ1n) is 7.64. The van der Waals surface area contributed by atoms with Crippen LogP contribution in [0.1, 0.15) is 24.0 Å². The zero-order valence-electron chi connectivity index (χ0n) is 13.8. The highest BCUT2D eigenvalue weighted by Gasteiger charge is 2.35. The normalized spacial score (nSPS) is 16.7. The first-order valence-corrected chi connectivity index (χ1v) is 7.64. The molecule has 1 saturated heterocycles. The maximum absolute atomic E-state index is 12.4. The molecule has 0 aliphatic carbocycles. The third-order valence-corrected chi connectivity index (χ3v) is 3.89. The van der Waals surface area contributed by atoms with Gasteiger partial charge >= 0.3 is 6.18 Å². The summed E-state index contributed by atoms with van der Waals surface area (Å²) in [4.78, 5) is 12.3. The highest BCUT2D eigenvalue weighted by Crippen LogP contribution is 2.24. The Kier molecular flexibility index (Phi) is 7.52. The Morgan fingerprint density at radius 1 is 1.36 bits per heavy atom. The molecule has 0 radical (unpaired) electrons. The van der Waals surface area contributed by atoms with E-state index in [9.17, 15) is 18.0 Å². The molecule has 0 bridgehead atoms. The Bertz CT molecular complexity index is 590. The van der Waals surface area contributed by atoms with Crippen molar-refractivity contribution in [2.45, 2.75) is 38.0 Å². The smallest absolute Gasteiger partial charge is 0.422 e. The number of amides is 1. The minimum Gasteiger partial charge on any atom is -0.484 e. The van der Waals surface area contributed by atoms with Crippen LogP contribution in [0.25, 0.3) is 0 Å². The molecule has 0 aromatic heterocycles. The summed E-state index contributed by atoms with van der Waals surface area (Å²) >= 11 is 0. The number of carbonyl (C=O) groups excluding carboxylic acids is 1. The van der Waals surface area contributed by atoms with Gasteiger partial charge in [-0.3, -0.25) is 4.79 Å². The van der Waals surface area contributed by atoms with Gasteiger partial charge in [-0.05, 0) is 31.4 Å². The fraction of sp³-hybridized carbons (Fsp3) is 0.562. The van der Waals surface area contributed by atoms with E-state index in [0.717, 1.165) is 5.56 Å². The number of benzene rings is 1. The fourth-order valence-corrected chi connectivity index (χ4v) is 2.42. The topological polar surface area (TPSA) is 73.6 Å². The highest BCUT2D eigenvalue weighted by atomic mass is 35.5. The predicted molar refractivity (Wildman–Crippen MR) is 88.8 cm³/mol. The molecule has 0 atom stereocenters. The number of alkyl halides is 3. The number of carbonyl (C=O) groups is 1. The monoisotopic (exact) mass is 382 g/mol. The van der Waals surface area contributed by atoms with Gasteiger partial charge in [0, 0.05) is 25.3 Å². The van der Waals surface area contributed by atoms with Crippen molar-refractivity contribution >= 4 is 18.3 Å². The van der Waals surface area contributed by atoms with Crippen LogP contribution in [-0.2, 0) is 16.1 Å². The van der Waals surface area contributed by atoms with Crippen molar-refractivity contribution in [1.82, 2.24) is 5.32 Å². The van der Waals surface area contributed by atoms with E-state index in [0.29, 0.717) is 31.6 Å². The molecule has 1 heterocycles. The zero-order valence-corrected chi connectivity index (χ0v) is 14.6. The molecule has 5 nitrogen and oxygen atoms in total. The summed E-state index contributed by atoms with van der Waals surface area (Å²) in [6.07, 6.45) is -3.61. The van der Waals surface area contributed by atoms with Crippen molar-refractivity contribution < 1.29 is 27.4 Å². The van der Waals surface area contributed by atoms with E-state index in [1.54, 1.807) is 19.1 Å². The number of aryl methyl sites for hydroxylation is 1. The molecule has 1 aliphatic rings. The molecule has 1 aromatic rings. The van der Waals surface area contributed by atoms with Gasteiger partial charge in [-0.25, -0.2) is 0 Å². The molecule has 2 rings (SSSR count). The molecule has 25 heavy (non-hydrogen) atoms. The van der Waals surface area contributed by atoms with E-state index in [1.807, 2.05) is 0 Å². The van der Waals surface area contributed by atoms with Gasteiger partial charge in [-0.1, -0.05) is 12.1 Å². The first kappa shape index (κ1) is 21.5. The van der Waals surface area contributed by atoms with Crippen LogP contribution in [0, 0.1) is 6.92 Å². The lowest BCUT2D eigenvalue weighted by atomic mass is 9.90. The van der Waals surface area contributed by atoms with Gasteiger partial charge < -0.3 is 20.5 Å². The van der Waals surface area contributed by atoms with Crippen LogP contribution in [-0.4, -0.2) is 37.4 Å². The molecular weight excluding hydrogens is 361 g/mol. The molecule has 1 aromatic carbocycles. The van der Waals surface area contributed by atoms with Crippen LogP contribution in [0.4, 0.5) is 13.2 Å². The van der Waals surface area contributed by atoms with Gasteiger partial charge in [0.1, 0.15) is 5.75 Å². The van der Waals surface area contributed by atoms with Crippen molar-refractivity contribution in [3.8, 4) is 5.75 Å². The van der Waals surface area contributed by atoms with Gasteiger partial charge in [0.25, 0.3) is 0 Å². The van der Waals surface area contributed by atoms with Crippen molar-refractivity contribution in [2.75, 3.05) is 19.8 Å². The average molecular weight is 383 g/mol. The quantitative estimate of drug-likeness (QED) is 0.820. The molecule has 9 heteroatoms. The van der Waals surface area contributed by atoms with Gasteiger partial charge in [0.15, 0.2) is 6.61 Å². The largest absolute Gasteiger partial charge is 0.484 e. The SMILES string of the molecule is Cc1ccc(CNC(=O)C2(N)CCOCC2)c(OCC(F)(F)F)c1.Cl. The summed E-state index contributed by atoms with van der Waals surface area (Å²) in [6.45, 7) is 1.24. The molecule has 1 fully saturated rings. The molecule has 3 N–H and O–H groups in total. The second-order valence-corrected chi connectivity index (χ2v) is 5.97. The predicted octanol–water partition coefficient (Wildman–Crippen LogP) is 2.48. The van der Waals surface area contributed by atoms with Crippen LogP contribution in [0.15, 0.2) is 18.2 Å². The maximum Gasteiger partial charge on any atom is 0.422 e. The lowest BCUT2D eigenvalue weighted by Gasteiger charge is -2.31. The second kappa shape index (κ2) is 8.73. The van der Waals surface area contributed by atoms with Crippen molar-refractivity contribution in [1.29, 1.82) is 0 Å². The third-order valence-electron chi connectivity index (χ3n) is 3.89. The summed E-state index contributed by atoms with van der Waals surface area (Å²) in [5.74, 6) is -0.237. The first-order chi connectivity index (χ1) is 11.2. The molecule has 1 amide bonds. The average Bonchev–Trinajstić information content (AvgIpc) is 2.51. The van der Waals surface area contributed by atoms with Crippen LogP contribution in [0.5, 0.6) is 5.75 Å². The molecule has 1 aliphatic heterocycles. The number of hydrogen-bond donors (Lipinski definition) is 2.